The van der Waals surface area contributed by atoms with Gasteiger partial charge in [-0.25, -0.2) is 0 Å². The Balaban J connectivity index is 2.74. The summed E-state index contributed by atoms with van der Waals surface area (Å²) < 4.78 is 0. The van der Waals surface area contributed by atoms with Gasteiger partial charge >= 0.3 is 0 Å². The second-order valence-electron chi connectivity index (χ2n) is 6.35. The van der Waals surface area contributed by atoms with Crippen LogP contribution in [-0.4, -0.2) is 22.5 Å². The van der Waals surface area contributed by atoms with Crippen LogP contribution in [0.25, 0.3) is 0 Å². The van der Waals surface area contributed by atoms with Crippen LogP contribution in [0.2, 0.25) is 0 Å². The number of thioether (sulfide) groups is 1. The maximum Gasteiger partial charge on any atom is 0.157 e. The van der Waals surface area contributed by atoms with Crippen molar-refractivity contribution in [2.75, 3.05) is 5.75 Å². The van der Waals surface area contributed by atoms with E-state index in [4.69, 9.17) is 4.99 Å². The number of amidine groups is 1. The molecule has 1 aliphatic rings. The highest BCUT2D eigenvalue weighted by atomic mass is 32.2. The summed E-state index contributed by atoms with van der Waals surface area (Å²) in [6, 6.07) is 0.462. The van der Waals surface area contributed by atoms with Gasteiger partial charge in [0.05, 0.1) is 6.04 Å². The molecule has 0 saturated heterocycles. The van der Waals surface area contributed by atoms with Gasteiger partial charge in [-0.2, -0.15) is 0 Å². The van der Waals surface area contributed by atoms with Gasteiger partial charge in [0.1, 0.15) is 0 Å². The van der Waals surface area contributed by atoms with Crippen molar-refractivity contribution < 1.29 is 0 Å². The lowest BCUT2D eigenvalue weighted by molar-refractivity contribution is 0.313. The van der Waals surface area contributed by atoms with E-state index in [0.717, 1.165) is 18.0 Å². The van der Waals surface area contributed by atoms with Crippen molar-refractivity contribution in [2.45, 2.75) is 72.4 Å². The van der Waals surface area contributed by atoms with Crippen LogP contribution in [0.3, 0.4) is 0 Å². The van der Waals surface area contributed by atoms with Gasteiger partial charge in [-0.1, -0.05) is 46.4 Å². The highest BCUT2D eigenvalue weighted by Gasteiger charge is 2.29. The van der Waals surface area contributed by atoms with Gasteiger partial charge < -0.3 is 5.32 Å². The van der Waals surface area contributed by atoms with E-state index in [0.29, 0.717) is 6.04 Å². The van der Waals surface area contributed by atoms with Crippen LogP contribution in [0.5, 0.6) is 0 Å². The molecule has 1 unspecified atom stereocenters. The molecule has 100 valence electrons. The van der Waals surface area contributed by atoms with Crippen molar-refractivity contribution in [3.8, 4) is 0 Å². The van der Waals surface area contributed by atoms with E-state index in [2.05, 4.69) is 46.9 Å². The molecule has 0 aromatic rings. The molecule has 0 fully saturated rings. The molecule has 0 aromatic heterocycles. The highest BCUT2D eigenvalue weighted by Crippen LogP contribution is 2.31. The molecule has 0 spiro atoms. The minimum atomic E-state index is 0.200. The van der Waals surface area contributed by atoms with Gasteiger partial charge in [0, 0.05) is 11.3 Å². The molecule has 1 rings (SSSR count). The maximum absolute atomic E-state index is 4.90. The van der Waals surface area contributed by atoms with Crippen LogP contribution < -0.4 is 5.32 Å². The standard InChI is InChI=1S/C14H28N2S/c1-7-14(6,8-2)16-12-15-11(9-10-17-12)13(3,4)5/h11H,7-10H2,1-6H3,(H,15,16). The molecular weight excluding hydrogens is 228 g/mol. The van der Waals surface area contributed by atoms with E-state index in [9.17, 15) is 0 Å². The van der Waals surface area contributed by atoms with Crippen molar-refractivity contribution in [1.29, 1.82) is 0 Å². The Morgan fingerprint density at radius 2 is 1.82 bits per heavy atom. The van der Waals surface area contributed by atoms with Crippen molar-refractivity contribution in [3.05, 3.63) is 0 Å². The second-order valence-corrected chi connectivity index (χ2v) is 7.43. The fourth-order valence-corrected chi connectivity index (χ4v) is 2.95. The van der Waals surface area contributed by atoms with Crippen LogP contribution in [0, 0.1) is 5.41 Å². The third-order valence-corrected chi connectivity index (χ3v) is 4.79. The first-order valence-corrected chi connectivity index (χ1v) is 7.78. The van der Waals surface area contributed by atoms with Crippen LogP contribution in [0.1, 0.15) is 60.8 Å². The van der Waals surface area contributed by atoms with Crippen LogP contribution in [-0.2, 0) is 0 Å². The molecule has 1 aliphatic heterocycles. The summed E-state index contributed by atoms with van der Waals surface area (Å²) in [5.41, 5.74) is 0.481. The molecular formula is C14H28N2S. The fourth-order valence-electron chi connectivity index (χ4n) is 1.89. The number of aliphatic imine (C=N–C) groups is 1. The number of nitrogens with zero attached hydrogens (tertiary/aromatic N) is 1. The van der Waals surface area contributed by atoms with Gasteiger partial charge in [-0.3, -0.25) is 4.99 Å². The Kier molecular flexibility index (Phi) is 4.94. The monoisotopic (exact) mass is 256 g/mol. The quantitative estimate of drug-likeness (QED) is 0.823. The average molecular weight is 256 g/mol. The minimum absolute atomic E-state index is 0.200. The van der Waals surface area contributed by atoms with E-state index in [1.807, 2.05) is 11.8 Å². The zero-order valence-corrected chi connectivity index (χ0v) is 13.1. The molecule has 0 saturated carbocycles. The molecule has 0 amide bonds. The summed E-state index contributed by atoms with van der Waals surface area (Å²) in [7, 11) is 0. The average Bonchev–Trinajstić information content (AvgIpc) is 2.28. The molecule has 0 bridgehead atoms. The zero-order chi connectivity index (χ0) is 13.1. The van der Waals surface area contributed by atoms with E-state index in [1.54, 1.807) is 0 Å². The van der Waals surface area contributed by atoms with Crippen molar-refractivity contribution >= 4 is 16.9 Å². The van der Waals surface area contributed by atoms with Crippen LogP contribution in [0.15, 0.2) is 4.99 Å². The highest BCUT2D eigenvalue weighted by molar-refractivity contribution is 8.13. The molecule has 3 heteroatoms. The van der Waals surface area contributed by atoms with Gasteiger partial charge in [-0.05, 0) is 31.6 Å². The Morgan fingerprint density at radius 3 is 2.29 bits per heavy atom. The van der Waals surface area contributed by atoms with E-state index in [1.165, 1.54) is 12.2 Å². The molecule has 1 heterocycles. The molecule has 0 aromatic carbocycles. The first kappa shape index (κ1) is 14.9. The van der Waals surface area contributed by atoms with Crippen molar-refractivity contribution in [1.82, 2.24) is 5.32 Å². The minimum Gasteiger partial charge on any atom is -0.360 e. The SMILES string of the molecule is CCC(C)(CC)NC1=NC(C(C)(C)C)CCS1. The number of hydrogen-bond acceptors (Lipinski definition) is 3. The summed E-state index contributed by atoms with van der Waals surface area (Å²) in [5, 5.41) is 4.80. The lowest BCUT2D eigenvalue weighted by atomic mass is 9.85. The largest absolute Gasteiger partial charge is 0.360 e. The summed E-state index contributed by atoms with van der Waals surface area (Å²) in [4.78, 5) is 4.90. The summed E-state index contributed by atoms with van der Waals surface area (Å²) >= 11 is 1.88. The summed E-state index contributed by atoms with van der Waals surface area (Å²) in [6.45, 7) is 13.6. The Bertz CT molecular complexity index is 274. The first-order valence-electron chi connectivity index (χ1n) is 6.79. The zero-order valence-electron chi connectivity index (χ0n) is 12.3. The van der Waals surface area contributed by atoms with Gasteiger partial charge in [-0.15, -0.1) is 0 Å². The third-order valence-electron chi connectivity index (χ3n) is 3.87. The smallest absolute Gasteiger partial charge is 0.157 e. The summed E-state index contributed by atoms with van der Waals surface area (Å²) in [6.07, 6.45) is 3.49. The molecule has 2 nitrogen and oxygen atoms in total. The Morgan fingerprint density at radius 1 is 1.24 bits per heavy atom. The van der Waals surface area contributed by atoms with E-state index < -0.39 is 0 Å². The van der Waals surface area contributed by atoms with Crippen LogP contribution >= 0.6 is 11.8 Å². The number of hydrogen-bond donors (Lipinski definition) is 1. The third kappa shape index (κ3) is 4.20. The lowest BCUT2D eigenvalue weighted by Gasteiger charge is -2.35. The van der Waals surface area contributed by atoms with Crippen LogP contribution in [0.4, 0.5) is 0 Å². The Hall–Kier alpha value is -0.180. The fraction of sp³-hybridized carbons (Fsp3) is 0.929. The molecule has 0 aliphatic carbocycles. The Labute approximate surface area is 111 Å². The van der Waals surface area contributed by atoms with Crippen molar-refractivity contribution in [3.63, 3.8) is 0 Å². The maximum atomic E-state index is 4.90. The molecule has 17 heavy (non-hydrogen) atoms. The second kappa shape index (κ2) is 5.64. The van der Waals surface area contributed by atoms with Crippen molar-refractivity contribution in [2.24, 2.45) is 10.4 Å². The van der Waals surface area contributed by atoms with Gasteiger partial charge in [0.25, 0.3) is 0 Å². The summed E-state index contributed by atoms with van der Waals surface area (Å²) in [5.74, 6) is 1.19. The van der Waals surface area contributed by atoms with Gasteiger partial charge in [0.2, 0.25) is 0 Å². The number of rotatable bonds is 3. The first-order chi connectivity index (χ1) is 7.80. The van der Waals surface area contributed by atoms with E-state index in [-0.39, 0.29) is 11.0 Å². The predicted octanol–water partition coefficient (Wildman–Crippen LogP) is 4.06. The molecule has 1 atom stereocenters. The lowest BCUT2D eigenvalue weighted by Crippen LogP contribution is -2.46. The van der Waals surface area contributed by atoms with E-state index >= 15 is 0 Å². The van der Waals surface area contributed by atoms with Gasteiger partial charge in [0.15, 0.2) is 5.17 Å². The molecule has 0 radical (unpaired) electrons. The predicted molar refractivity (Wildman–Crippen MR) is 79.9 cm³/mol. The number of nitrogens with one attached hydrogen (secondary N) is 1. The normalized spacial score (nSPS) is 22.2. The topological polar surface area (TPSA) is 24.4 Å². The molecule has 1 N–H and O–H groups in total.